The summed E-state index contributed by atoms with van der Waals surface area (Å²) in [6, 6.07) is 0. The Bertz CT molecular complexity index is 217. The van der Waals surface area contributed by atoms with E-state index in [1.165, 1.54) is 43.5 Å². The standard InChI is InChI=1S/C14H28N2/c1-5-6-7-8-9-12-16-14(3)11-10-13(2)15-4/h5-12H2,1-4H3. The Morgan fingerprint density at radius 2 is 1.50 bits per heavy atom. The van der Waals surface area contributed by atoms with E-state index in [0.717, 1.165) is 19.4 Å². The molecule has 16 heavy (non-hydrogen) atoms. The van der Waals surface area contributed by atoms with Gasteiger partial charge >= 0.3 is 0 Å². The molecular formula is C14H28N2. The van der Waals surface area contributed by atoms with Crippen molar-refractivity contribution in [3.8, 4) is 0 Å². The van der Waals surface area contributed by atoms with Crippen molar-refractivity contribution in [1.29, 1.82) is 0 Å². The van der Waals surface area contributed by atoms with E-state index in [0.29, 0.717) is 0 Å². The zero-order valence-corrected chi connectivity index (χ0v) is 11.6. The van der Waals surface area contributed by atoms with E-state index < -0.39 is 0 Å². The number of nitrogens with zero attached hydrogens (tertiary/aromatic N) is 2. The molecular weight excluding hydrogens is 196 g/mol. The molecule has 0 radical (unpaired) electrons. The summed E-state index contributed by atoms with van der Waals surface area (Å²) in [7, 11) is 1.86. The van der Waals surface area contributed by atoms with Crippen LogP contribution >= 0.6 is 0 Å². The monoisotopic (exact) mass is 224 g/mol. The van der Waals surface area contributed by atoms with Crippen LogP contribution in [0.25, 0.3) is 0 Å². The molecule has 0 aliphatic rings. The fraction of sp³-hybridized carbons (Fsp3) is 0.857. The van der Waals surface area contributed by atoms with Crippen molar-refractivity contribution >= 4 is 11.4 Å². The molecule has 0 heterocycles. The molecule has 0 bridgehead atoms. The first kappa shape index (κ1) is 15.3. The maximum Gasteiger partial charge on any atom is 0.0388 e. The third kappa shape index (κ3) is 9.88. The Hall–Kier alpha value is -0.660. The van der Waals surface area contributed by atoms with Crippen LogP contribution in [0.3, 0.4) is 0 Å². The lowest BCUT2D eigenvalue weighted by Crippen LogP contribution is -1.99. The van der Waals surface area contributed by atoms with E-state index in [4.69, 9.17) is 0 Å². The molecule has 0 N–H and O–H groups in total. The van der Waals surface area contributed by atoms with Gasteiger partial charge in [-0.25, -0.2) is 0 Å². The van der Waals surface area contributed by atoms with Gasteiger partial charge in [-0.1, -0.05) is 32.6 Å². The highest BCUT2D eigenvalue weighted by Gasteiger charge is 1.94. The van der Waals surface area contributed by atoms with Gasteiger partial charge in [0.05, 0.1) is 0 Å². The Balaban J connectivity index is 3.48. The molecule has 94 valence electrons. The third-order valence-corrected chi connectivity index (χ3v) is 2.87. The van der Waals surface area contributed by atoms with Gasteiger partial charge in [0.1, 0.15) is 0 Å². The highest BCUT2D eigenvalue weighted by Crippen LogP contribution is 2.03. The highest BCUT2D eigenvalue weighted by atomic mass is 14.7. The summed E-state index contributed by atoms with van der Waals surface area (Å²) >= 11 is 0. The number of rotatable bonds is 9. The Morgan fingerprint density at radius 1 is 0.875 bits per heavy atom. The van der Waals surface area contributed by atoms with E-state index in [2.05, 4.69) is 30.8 Å². The van der Waals surface area contributed by atoms with E-state index in [9.17, 15) is 0 Å². The van der Waals surface area contributed by atoms with Gasteiger partial charge in [0.15, 0.2) is 0 Å². The summed E-state index contributed by atoms with van der Waals surface area (Å²) in [5.74, 6) is 0. The average Bonchev–Trinajstić information content (AvgIpc) is 2.30. The van der Waals surface area contributed by atoms with Crippen LogP contribution in [0.4, 0.5) is 0 Å². The molecule has 2 nitrogen and oxygen atoms in total. The van der Waals surface area contributed by atoms with E-state index >= 15 is 0 Å². The number of aliphatic imine (C=N–C) groups is 2. The average molecular weight is 224 g/mol. The van der Waals surface area contributed by atoms with Crippen LogP contribution in [0.15, 0.2) is 9.98 Å². The molecule has 0 unspecified atom stereocenters. The molecule has 0 aliphatic carbocycles. The summed E-state index contributed by atoms with van der Waals surface area (Å²) in [6.45, 7) is 7.48. The van der Waals surface area contributed by atoms with Gasteiger partial charge in [0.2, 0.25) is 0 Å². The quantitative estimate of drug-likeness (QED) is 0.412. The summed E-state index contributed by atoms with van der Waals surface area (Å²) in [4.78, 5) is 8.74. The van der Waals surface area contributed by atoms with Gasteiger partial charge in [-0.2, -0.15) is 0 Å². The Kier molecular flexibility index (Phi) is 10.4. The molecule has 0 aromatic rings. The van der Waals surface area contributed by atoms with Crippen LogP contribution in [-0.4, -0.2) is 25.0 Å². The van der Waals surface area contributed by atoms with E-state index in [1.54, 1.807) is 0 Å². The van der Waals surface area contributed by atoms with Gasteiger partial charge in [0, 0.05) is 25.0 Å². The Labute approximate surface area is 101 Å². The van der Waals surface area contributed by atoms with Crippen LogP contribution < -0.4 is 0 Å². The van der Waals surface area contributed by atoms with Crippen LogP contribution in [0.5, 0.6) is 0 Å². The Morgan fingerprint density at radius 3 is 2.12 bits per heavy atom. The van der Waals surface area contributed by atoms with Gasteiger partial charge in [0.25, 0.3) is 0 Å². The molecule has 2 heteroatoms. The number of hydrogen-bond acceptors (Lipinski definition) is 2. The van der Waals surface area contributed by atoms with Crippen molar-refractivity contribution in [2.45, 2.75) is 65.7 Å². The van der Waals surface area contributed by atoms with Crippen LogP contribution in [0.1, 0.15) is 65.7 Å². The van der Waals surface area contributed by atoms with E-state index in [1.807, 2.05) is 7.05 Å². The predicted molar refractivity (Wildman–Crippen MR) is 75.0 cm³/mol. The molecule has 0 aromatic heterocycles. The minimum Gasteiger partial charge on any atom is -0.298 e. The summed E-state index contributed by atoms with van der Waals surface area (Å²) in [6.07, 6.45) is 8.76. The van der Waals surface area contributed by atoms with Gasteiger partial charge in [-0.05, 0) is 33.1 Å². The lowest BCUT2D eigenvalue weighted by atomic mass is 10.1. The van der Waals surface area contributed by atoms with Gasteiger partial charge in [-0.3, -0.25) is 9.98 Å². The summed E-state index contributed by atoms with van der Waals surface area (Å²) in [5, 5.41) is 0. The van der Waals surface area contributed by atoms with Crippen LogP contribution in [0, 0.1) is 0 Å². The fourth-order valence-corrected chi connectivity index (χ4v) is 1.54. The smallest absolute Gasteiger partial charge is 0.0388 e. The minimum absolute atomic E-state index is 1.01. The maximum absolute atomic E-state index is 4.59. The second-order valence-electron chi connectivity index (χ2n) is 4.49. The SMILES string of the molecule is CCCCCCCN=C(C)CCC(C)=NC. The van der Waals surface area contributed by atoms with Gasteiger partial charge in [-0.15, -0.1) is 0 Å². The number of unbranched alkanes of at least 4 members (excludes halogenated alkanes) is 4. The van der Waals surface area contributed by atoms with Crippen molar-refractivity contribution in [3.05, 3.63) is 0 Å². The van der Waals surface area contributed by atoms with Crippen LogP contribution in [0.2, 0.25) is 0 Å². The minimum atomic E-state index is 1.01. The topological polar surface area (TPSA) is 24.7 Å². The molecule has 0 saturated heterocycles. The molecule has 0 saturated carbocycles. The highest BCUT2D eigenvalue weighted by molar-refractivity contribution is 5.89. The fourth-order valence-electron chi connectivity index (χ4n) is 1.54. The van der Waals surface area contributed by atoms with Gasteiger partial charge < -0.3 is 0 Å². The third-order valence-electron chi connectivity index (χ3n) is 2.87. The summed E-state index contributed by atoms with van der Waals surface area (Å²) < 4.78 is 0. The largest absolute Gasteiger partial charge is 0.298 e. The molecule has 0 fully saturated rings. The molecule has 0 atom stereocenters. The predicted octanol–water partition coefficient (Wildman–Crippen LogP) is 4.29. The second kappa shape index (κ2) is 10.8. The zero-order chi connectivity index (χ0) is 12.2. The molecule has 0 spiro atoms. The normalized spacial score (nSPS) is 13.2. The first-order chi connectivity index (χ1) is 7.70. The van der Waals surface area contributed by atoms with Crippen molar-refractivity contribution in [2.24, 2.45) is 9.98 Å². The van der Waals surface area contributed by atoms with E-state index in [-0.39, 0.29) is 0 Å². The molecule has 0 amide bonds. The first-order valence-electron chi connectivity index (χ1n) is 6.62. The number of hydrogen-bond donors (Lipinski definition) is 0. The molecule has 0 aromatic carbocycles. The molecule has 0 aliphatic heterocycles. The van der Waals surface area contributed by atoms with Crippen molar-refractivity contribution in [2.75, 3.05) is 13.6 Å². The first-order valence-corrected chi connectivity index (χ1v) is 6.62. The van der Waals surface area contributed by atoms with Crippen LogP contribution in [-0.2, 0) is 0 Å². The van der Waals surface area contributed by atoms with Crippen molar-refractivity contribution in [1.82, 2.24) is 0 Å². The second-order valence-corrected chi connectivity index (χ2v) is 4.49. The lowest BCUT2D eigenvalue weighted by molar-refractivity contribution is 0.638. The molecule has 0 rings (SSSR count). The zero-order valence-electron chi connectivity index (χ0n) is 11.6. The summed E-state index contributed by atoms with van der Waals surface area (Å²) in [5.41, 5.74) is 2.50. The lowest BCUT2D eigenvalue weighted by Gasteiger charge is -2.01. The van der Waals surface area contributed by atoms with Crippen molar-refractivity contribution < 1.29 is 0 Å². The van der Waals surface area contributed by atoms with Crippen molar-refractivity contribution in [3.63, 3.8) is 0 Å². The maximum atomic E-state index is 4.59.